The molecule has 1 aromatic heterocycles. The van der Waals surface area contributed by atoms with Gasteiger partial charge in [-0.15, -0.1) is 0 Å². The maximum absolute atomic E-state index is 12.8. The van der Waals surface area contributed by atoms with Gasteiger partial charge >= 0.3 is 0 Å². The third-order valence-corrected chi connectivity index (χ3v) is 4.49. The molecule has 1 heterocycles. The molecule has 1 amide bonds. The van der Waals surface area contributed by atoms with Crippen LogP contribution in [0.2, 0.25) is 0 Å². The minimum Gasteiger partial charge on any atom is -0.339 e. The van der Waals surface area contributed by atoms with Crippen molar-refractivity contribution in [3.05, 3.63) is 83.3 Å². The summed E-state index contributed by atoms with van der Waals surface area (Å²) in [5.74, 6) is 0.502. The molecule has 0 aliphatic heterocycles. The molecule has 0 fully saturated rings. The van der Waals surface area contributed by atoms with Gasteiger partial charge in [-0.2, -0.15) is 0 Å². The summed E-state index contributed by atoms with van der Waals surface area (Å²) in [6.07, 6.45) is 3.14. The van der Waals surface area contributed by atoms with Crippen molar-refractivity contribution in [2.75, 3.05) is 11.9 Å². The second kappa shape index (κ2) is 8.45. The lowest BCUT2D eigenvalue weighted by molar-refractivity contribution is 0.0746. The van der Waals surface area contributed by atoms with Gasteiger partial charge in [-0.25, -0.2) is 9.97 Å². The van der Waals surface area contributed by atoms with Crippen molar-refractivity contribution in [2.24, 2.45) is 0 Å². The molecule has 27 heavy (non-hydrogen) atoms. The molecular weight excluding hydrogens is 336 g/mol. The zero-order valence-electron chi connectivity index (χ0n) is 15.9. The number of aryl methyl sites for hydroxylation is 2. The number of hydrogen-bond acceptors (Lipinski definition) is 4. The fourth-order valence-electron chi connectivity index (χ4n) is 2.94. The standard InChI is InChI=1S/C22H24N4O/c1-4-26(15-18-11-6-5-7-12-18)22(27)19-13-24-20(14-23-19)25-21-16(2)9-8-10-17(21)3/h5-14H,4,15H2,1-3H3,(H,24,25). The van der Waals surface area contributed by atoms with E-state index >= 15 is 0 Å². The summed E-state index contributed by atoms with van der Waals surface area (Å²) >= 11 is 0. The maximum Gasteiger partial charge on any atom is 0.274 e. The van der Waals surface area contributed by atoms with Crippen LogP contribution in [0.25, 0.3) is 0 Å². The first-order valence-electron chi connectivity index (χ1n) is 9.07. The quantitative estimate of drug-likeness (QED) is 0.703. The number of amides is 1. The first-order valence-corrected chi connectivity index (χ1v) is 9.07. The molecule has 1 N–H and O–H groups in total. The van der Waals surface area contributed by atoms with Crippen molar-refractivity contribution in [1.29, 1.82) is 0 Å². The van der Waals surface area contributed by atoms with Crippen molar-refractivity contribution < 1.29 is 4.79 Å². The molecule has 3 aromatic rings. The van der Waals surface area contributed by atoms with Gasteiger partial charge in [-0.05, 0) is 37.5 Å². The molecule has 0 aliphatic rings. The zero-order chi connectivity index (χ0) is 19.2. The van der Waals surface area contributed by atoms with E-state index in [1.54, 1.807) is 11.1 Å². The summed E-state index contributed by atoms with van der Waals surface area (Å²) in [5.41, 5.74) is 4.73. The van der Waals surface area contributed by atoms with Crippen LogP contribution in [-0.4, -0.2) is 27.3 Å². The van der Waals surface area contributed by atoms with Crippen LogP contribution in [0.3, 0.4) is 0 Å². The summed E-state index contributed by atoms with van der Waals surface area (Å²) in [4.78, 5) is 23.2. The lowest BCUT2D eigenvalue weighted by Crippen LogP contribution is -2.31. The first-order chi connectivity index (χ1) is 13.1. The van der Waals surface area contributed by atoms with E-state index in [1.165, 1.54) is 6.20 Å². The largest absolute Gasteiger partial charge is 0.339 e. The van der Waals surface area contributed by atoms with Gasteiger partial charge in [0.2, 0.25) is 0 Å². The molecule has 0 saturated carbocycles. The smallest absolute Gasteiger partial charge is 0.274 e. The minimum atomic E-state index is -0.118. The number of anilines is 2. The third-order valence-electron chi connectivity index (χ3n) is 4.49. The summed E-state index contributed by atoms with van der Waals surface area (Å²) in [5, 5.41) is 3.29. The fraction of sp³-hybridized carbons (Fsp3) is 0.227. The number of benzene rings is 2. The van der Waals surface area contributed by atoms with E-state index in [2.05, 4.69) is 15.3 Å². The minimum absolute atomic E-state index is 0.118. The van der Waals surface area contributed by atoms with E-state index in [1.807, 2.05) is 69.3 Å². The lowest BCUT2D eigenvalue weighted by atomic mass is 10.1. The van der Waals surface area contributed by atoms with E-state index in [-0.39, 0.29) is 5.91 Å². The number of carbonyl (C=O) groups is 1. The Bertz CT molecular complexity index is 887. The SMILES string of the molecule is CCN(Cc1ccccc1)C(=O)c1cnc(Nc2c(C)cccc2C)cn1. The molecule has 0 saturated heterocycles. The van der Waals surface area contributed by atoms with Crippen LogP contribution in [-0.2, 0) is 6.54 Å². The van der Waals surface area contributed by atoms with Gasteiger partial charge in [0.15, 0.2) is 0 Å². The van der Waals surface area contributed by atoms with Gasteiger partial charge < -0.3 is 10.2 Å². The van der Waals surface area contributed by atoms with E-state index in [0.29, 0.717) is 24.6 Å². The number of rotatable bonds is 6. The Morgan fingerprint density at radius 3 is 2.26 bits per heavy atom. The van der Waals surface area contributed by atoms with Crippen molar-refractivity contribution in [2.45, 2.75) is 27.3 Å². The Kier molecular flexibility index (Phi) is 5.81. The predicted molar refractivity (Wildman–Crippen MR) is 108 cm³/mol. The van der Waals surface area contributed by atoms with Gasteiger partial charge in [0.25, 0.3) is 5.91 Å². The number of para-hydroxylation sites is 1. The maximum atomic E-state index is 12.8. The lowest BCUT2D eigenvalue weighted by Gasteiger charge is -2.20. The number of nitrogens with zero attached hydrogens (tertiary/aromatic N) is 3. The Labute approximate surface area is 160 Å². The Morgan fingerprint density at radius 1 is 0.963 bits per heavy atom. The highest BCUT2D eigenvalue weighted by atomic mass is 16.2. The second-order valence-corrected chi connectivity index (χ2v) is 6.48. The second-order valence-electron chi connectivity index (χ2n) is 6.48. The van der Waals surface area contributed by atoms with E-state index in [0.717, 1.165) is 22.4 Å². The summed E-state index contributed by atoms with van der Waals surface area (Å²) in [6.45, 7) is 7.22. The molecule has 0 bridgehead atoms. The molecule has 3 rings (SSSR count). The molecule has 0 unspecified atom stereocenters. The van der Waals surface area contributed by atoms with Crippen LogP contribution in [0.5, 0.6) is 0 Å². The van der Waals surface area contributed by atoms with Gasteiger partial charge in [-0.1, -0.05) is 48.5 Å². The average molecular weight is 360 g/mol. The van der Waals surface area contributed by atoms with Gasteiger partial charge in [-0.3, -0.25) is 4.79 Å². The van der Waals surface area contributed by atoms with E-state index in [9.17, 15) is 4.79 Å². The van der Waals surface area contributed by atoms with Gasteiger partial charge in [0.1, 0.15) is 11.5 Å². The molecule has 0 aliphatic carbocycles. The number of hydrogen-bond donors (Lipinski definition) is 1. The van der Waals surface area contributed by atoms with Gasteiger partial charge in [0.05, 0.1) is 12.4 Å². The highest BCUT2D eigenvalue weighted by Crippen LogP contribution is 2.22. The van der Waals surface area contributed by atoms with E-state index < -0.39 is 0 Å². The summed E-state index contributed by atoms with van der Waals surface area (Å²) < 4.78 is 0. The van der Waals surface area contributed by atoms with Crippen LogP contribution in [0.4, 0.5) is 11.5 Å². The van der Waals surface area contributed by atoms with Gasteiger partial charge in [0, 0.05) is 18.8 Å². The molecule has 0 spiro atoms. The summed E-state index contributed by atoms with van der Waals surface area (Å²) in [6, 6.07) is 16.1. The normalized spacial score (nSPS) is 10.5. The zero-order valence-corrected chi connectivity index (χ0v) is 15.9. The van der Waals surface area contributed by atoms with Crippen LogP contribution >= 0.6 is 0 Å². The first kappa shape index (κ1) is 18.6. The molecular formula is C22H24N4O. The topological polar surface area (TPSA) is 58.1 Å². The molecule has 138 valence electrons. The van der Waals surface area contributed by atoms with Crippen molar-refractivity contribution in [3.63, 3.8) is 0 Å². The van der Waals surface area contributed by atoms with Crippen LogP contribution in [0, 0.1) is 13.8 Å². The number of carbonyl (C=O) groups excluding carboxylic acids is 1. The Morgan fingerprint density at radius 2 is 1.67 bits per heavy atom. The number of aromatic nitrogens is 2. The predicted octanol–water partition coefficient (Wildman–Crippen LogP) is 4.50. The monoisotopic (exact) mass is 360 g/mol. The molecule has 2 aromatic carbocycles. The number of nitrogens with one attached hydrogen (secondary N) is 1. The molecule has 5 heteroatoms. The molecule has 5 nitrogen and oxygen atoms in total. The van der Waals surface area contributed by atoms with Crippen LogP contribution < -0.4 is 5.32 Å². The Hall–Kier alpha value is -3.21. The van der Waals surface area contributed by atoms with Crippen molar-refractivity contribution in [3.8, 4) is 0 Å². The van der Waals surface area contributed by atoms with Crippen LogP contribution in [0.15, 0.2) is 60.9 Å². The van der Waals surface area contributed by atoms with Crippen LogP contribution in [0.1, 0.15) is 34.1 Å². The molecule has 0 atom stereocenters. The average Bonchev–Trinajstić information content (AvgIpc) is 2.70. The Balaban J connectivity index is 1.73. The van der Waals surface area contributed by atoms with E-state index in [4.69, 9.17) is 0 Å². The van der Waals surface area contributed by atoms with Crippen molar-refractivity contribution >= 4 is 17.4 Å². The fourth-order valence-corrected chi connectivity index (χ4v) is 2.94. The molecule has 0 radical (unpaired) electrons. The van der Waals surface area contributed by atoms with Crippen molar-refractivity contribution in [1.82, 2.24) is 14.9 Å². The summed E-state index contributed by atoms with van der Waals surface area (Å²) in [7, 11) is 0. The highest BCUT2D eigenvalue weighted by molar-refractivity contribution is 5.92. The third kappa shape index (κ3) is 4.50. The highest BCUT2D eigenvalue weighted by Gasteiger charge is 2.16.